The Morgan fingerprint density at radius 1 is 1.10 bits per heavy atom. The van der Waals surface area contributed by atoms with E-state index >= 15 is 0 Å². The summed E-state index contributed by atoms with van der Waals surface area (Å²) in [5.41, 5.74) is -2.35. The number of aliphatic carboxylic acids is 1. The van der Waals surface area contributed by atoms with Crippen molar-refractivity contribution in [3.63, 3.8) is 0 Å². The lowest BCUT2D eigenvalue weighted by molar-refractivity contribution is -0.133. The number of benzene rings is 2. The lowest BCUT2D eigenvalue weighted by atomic mass is 10.0. The Morgan fingerprint density at radius 3 is 2.38 bits per heavy atom. The number of rotatable bonds is 5. The van der Waals surface area contributed by atoms with E-state index in [1.54, 1.807) is 0 Å². The predicted octanol–water partition coefficient (Wildman–Crippen LogP) is 4.39. The van der Waals surface area contributed by atoms with Gasteiger partial charge >= 0.3 is 5.97 Å². The summed E-state index contributed by atoms with van der Waals surface area (Å²) in [6.45, 7) is 0. The van der Waals surface area contributed by atoms with Gasteiger partial charge in [0.2, 0.25) is 0 Å². The van der Waals surface area contributed by atoms with Crippen LogP contribution in [0.25, 0.3) is 11.1 Å². The van der Waals surface area contributed by atoms with Crippen molar-refractivity contribution < 1.29 is 41.1 Å². The number of hydrogen-bond acceptors (Lipinski definition) is 3. The number of anilines is 1. The van der Waals surface area contributed by atoms with Crippen LogP contribution in [0.15, 0.2) is 47.5 Å². The van der Waals surface area contributed by atoms with Gasteiger partial charge in [-0.1, -0.05) is 12.1 Å². The van der Waals surface area contributed by atoms with E-state index in [0.29, 0.717) is 0 Å². The average molecular weight is 412 g/mol. The summed E-state index contributed by atoms with van der Waals surface area (Å²) in [6, 6.07) is 7.09. The summed E-state index contributed by atoms with van der Waals surface area (Å²) < 4.78 is 82.3. The lowest BCUT2D eigenvalue weighted by Crippen LogP contribution is -2.19. The van der Waals surface area contributed by atoms with Crippen molar-refractivity contribution in [2.24, 2.45) is 0 Å². The molecule has 0 bridgehead atoms. The molecule has 0 heterocycles. The normalized spacial score (nSPS) is 17.3. The largest absolute Gasteiger partial charge is 0.497 e. The fourth-order valence-electron chi connectivity index (χ4n) is 3.00. The van der Waals surface area contributed by atoms with Crippen LogP contribution < -0.4 is 10.1 Å². The second-order valence-corrected chi connectivity index (χ2v) is 6.37. The van der Waals surface area contributed by atoms with Crippen LogP contribution in [0.3, 0.4) is 0 Å². The first-order chi connectivity index (χ1) is 14.8. The molecule has 0 saturated heterocycles. The zero-order chi connectivity index (χ0) is 23.8. The van der Waals surface area contributed by atoms with Crippen molar-refractivity contribution in [3.8, 4) is 16.9 Å². The minimum atomic E-state index is -3.46. The van der Waals surface area contributed by atoms with Gasteiger partial charge in [0, 0.05) is 18.4 Å². The topological polar surface area (TPSA) is 75.6 Å². The van der Waals surface area contributed by atoms with Crippen molar-refractivity contribution in [2.45, 2.75) is 18.8 Å². The van der Waals surface area contributed by atoms with Crippen LogP contribution in [0, 0.1) is 11.6 Å². The summed E-state index contributed by atoms with van der Waals surface area (Å²) in [7, 11) is -2.73. The van der Waals surface area contributed by atoms with Crippen LogP contribution in [-0.2, 0) is 9.59 Å². The van der Waals surface area contributed by atoms with E-state index in [4.69, 9.17) is 14.0 Å². The quantitative estimate of drug-likeness (QED) is 0.715. The summed E-state index contributed by atoms with van der Waals surface area (Å²) in [6.07, 6.45) is -2.33. The molecule has 0 aromatic heterocycles. The molecular weight excluding hydrogens is 394 g/mol. The molecule has 1 aliphatic rings. The number of alkyl halides is 2. The highest BCUT2D eigenvalue weighted by molar-refractivity contribution is 6.09. The molecule has 0 radical (unpaired) electrons. The number of nitrogens with one attached hydrogen (secondary N) is 1. The van der Waals surface area contributed by atoms with E-state index in [0.717, 1.165) is 12.1 Å². The molecule has 2 aromatic rings. The van der Waals surface area contributed by atoms with Crippen LogP contribution in [0.1, 0.15) is 17.0 Å². The molecule has 1 aliphatic carbocycles. The molecule has 2 aromatic carbocycles. The van der Waals surface area contributed by atoms with E-state index in [-0.39, 0.29) is 16.9 Å². The Balaban J connectivity index is 1.89. The lowest BCUT2D eigenvalue weighted by Gasteiger charge is -2.12. The minimum absolute atomic E-state index is 0.0215. The molecule has 0 saturated carbocycles. The van der Waals surface area contributed by atoms with E-state index in [1.807, 2.05) is 5.32 Å². The first kappa shape index (κ1) is 16.6. The Hall–Kier alpha value is -3.36. The van der Waals surface area contributed by atoms with Crippen LogP contribution >= 0.6 is 0 Å². The minimum Gasteiger partial charge on any atom is -0.497 e. The fourth-order valence-corrected chi connectivity index (χ4v) is 3.00. The molecule has 0 atom stereocenters. The zero-order valence-corrected chi connectivity index (χ0v) is 14.6. The van der Waals surface area contributed by atoms with Crippen molar-refractivity contribution in [1.29, 1.82) is 0 Å². The number of ether oxygens (including phenoxy) is 1. The maximum absolute atomic E-state index is 14.6. The molecule has 0 fully saturated rings. The first-order valence-electron chi connectivity index (χ1n) is 9.69. The van der Waals surface area contributed by atoms with Crippen molar-refractivity contribution in [2.75, 3.05) is 12.4 Å². The SMILES string of the molecule is [2H]C([2H])([2H])Oc1cccc(-c2cc(F)c(NC(=O)C3=C(C(=O)O)CC(F)(F)C3)c(F)c2)c1. The predicted molar refractivity (Wildman–Crippen MR) is 95.8 cm³/mol. The Morgan fingerprint density at radius 2 is 1.76 bits per heavy atom. The number of carboxylic acids is 1. The van der Waals surface area contributed by atoms with Gasteiger partial charge in [0.05, 0.1) is 16.7 Å². The molecule has 0 aliphatic heterocycles. The second kappa shape index (κ2) is 7.57. The van der Waals surface area contributed by atoms with Gasteiger partial charge in [-0.05, 0) is 35.4 Å². The number of amides is 1. The van der Waals surface area contributed by atoms with Crippen LogP contribution in [-0.4, -0.2) is 29.9 Å². The third-order valence-corrected chi connectivity index (χ3v) is 4.33. The van der Waals surface area contributed by atoms with Gasteiger partial charge < -0.3 is 15.2 Å². The number of halogens is 4. The monoisotopic (exact) mass is 412 g/mol. The fraction of sp³-hybridized carbons (Fsp3) is 0.200. The number of carboxylic acid groups (broad SMARTS) is 1. The summed E-state index contributed by atoms with van der Waals surface area (Å²) in [4.78, 5) is 23.4. The highest BCUT2D eigenvalue weighted by Gasteiger charge is 2.44. The second-order valence-electron chi connectivity index (χ2n) is 6.37. The van der Waals surface area contributed by atoms with Gasteiger partial charge in [-0.15, -0.1) is 0 Å². The van der Waals surface area contributed by atoms with Gasteiger partial charge in [0.15, 0.2) is 0 Å². The number of carbonyl (C=O) groups excluding carboxylic acids is 1. The van der Waals surface area contributed by atoms with Crippen LogP contribution in [0.4, 0.5) is 23.2 Å². The summed E-state index contributed by atoms with van der Waals surface area (Å²) >= 11 is 0. The van der Waals surface area contributed by atoms with E-state index in [1.165, 1.54) is 24.3 Å². The number of carbonyl (C=O) groups is 2. The maximum atomic E-state index is 14.6. The molecule has 2 N–H and O–H groups in total. The van der Waals surface area contributed by atoms with Gasteiger partial charge in [0.1, 0.15) is 23.1 Å². The molecule has 9 heteroatoms. The van der Waals surface area contributed by atoms with Crippen LogP contribution in [0.2, 0.25) is 0 Å². The summed E-state index contributed by atoms with van der Waals surface area (Å²) in [5.74, 6) is -9.10. The maximum Gasteiger partial charge on any atom is 0.332 e. The van der Waals surface area contributed by atoms with Gasteiger partial charge in [-0.25, -0.2) is 22.4 Å². The Bertz CT molecular complexity index is 1110. The molecule has 152 valence electrons. The standard InChI is InChI=1S/C20H15F4NO4/c1-29-12-4-2-3-10(5-12)11-6-15(21)17(16(22)7-11)25-18(26)13-8-20(23,24)9-14(13)19(27)28/h2-7H,8-9H2,1H3,(H,25,26)(H,27,28)/i1D3. The average Bonchev–Trinajstić information content (AvgIpc) is 2.99. The molecule has 0 spiro atoms. The van der Waals surface area contributed by atoms with Crippen molar-refractivity contribution in [3.05, 3.63) is 59.2 Å². The van der Waals surface area contributed by atoms with Gasteiger partial charge in [-0.3, -0.25) is 4.79 Å². The molecule has 1 amide bonds. The number of hydrogen-bond donors (Lipinski definition) is 2. The molecule has 0 unspecified atom stereocenters. The first-order valence-corrected chi connectivity index (χ1v) is 8.19. The van der Waals surface area contributed by atoms with Gasteiger partial charge in [-0.2, -0.15) is 0 Å². The van der Waals surface area contributed by atoms with E-state index in [2.05, 4.69) is 0 Å². The van der Waals surface area contributed by atoms with E-state index < -0.39 is 66.1 Å². The highest BCUT2D eigenvalue weighted by atomic mass is 19.3. The van der Waals surface area contributed by atoms with E-state index in [9.17, 15) is 27.2 Å². The van der Waals surface area contributed by atoms with Crippen molar-refractivity contribution >= 4 is 17.6 Å². The van der Waals surface area contributed by atoms with Gasteiger partial charge in [0.25, 0.3) is 11.8 Å². The van der Waals surface area contributed by atoms with Crippen LogP contribution in [0.5, 0.6) is 5.75 Å². The zero-order valence-electron chi connectivity index (χ0n) is 17.6. The molecular formula is C20H15F4NO4. The van der Waals surface area contributed by atoms with Crippen molar-refractivity contribution in [1.82, 2.24) is 0 Å². The third-order valence-electron chi connectivity index (χ3n) is 4.33. The smallest absolute Gasteiger partial charge is 0.332 e. The Kier molecular flexibility index (Phi) is 4.33. The highest BCUT2D eigenvalue weighted by Crippen LogP contribution is 2.40. The molecule has 5 nitrogen and oxygen atoms in total. The molecule has 3 rings (SSSR count). The number of methoxy groups -OCH3 is 1. The molecule has 29 heavy (non-hydrogen) atoms. The summed E-state index contributed by atoms with van der Waals surface area (Å²) in [5, 5.41) is 10.9. The third kappa shape index (κ3) is 4.23. The Labute approximate surface area is 166 Å².